The summed E-state index contributed by atoms with van der Waals surface area (Å²) in [6.07, 6.45) is 6.68. The largest absolute Gasteiger partial charge is 0.456 e. The zero-order valence-electron chi connectivity index (χ0n) is 18.5. The van der Waals surface area contributed by atoms with E-state index in [9.17, 15) is 4.79 Å². The molecule has 0 amide bonds. The number of aromatic nitrogens is 5. The van der Waals surface area contributed by atoms with Crippen LogP contribution in [0.4, 0.5) is 0 Å². The number of benzene rings is 3. The molecule has 0 aliphatic carbocycles. The summed E-state index contributed by atoms with van der Waals surface area (Å²) < 4.78 is 8.74. The molecule has 5 rings (SSSR count). The van der Waals surface area contributed by atoms with Gasteiger partial charge in [-0.15, -0.1) is 5.10 Å². The second kappa shape index (κ2) is 10.2. The highest BCUT2D eigenvalue weighted by Gasteiger charge is 2.11. The van der Waals surface area contributed by atoms with Gasteiger partial charge in [-0.05, 0) is 36.4 Å². The molecule has 8 heteroatoms. The van der Waals surface area contributed by atoms with Crippen LogP contribution in [0.5, 0.6) is 0 Å². The van der Waals surface area contributed by atoms with Crippen molar-refractivity contribution >= 4 is 23.6 Å². The molecule has 0 saturated heterocycles. The predicted octanol–water partition coefficient (Wildman–Crippen LogP) is 5.53. The van der Waals surface area contributed by atoms with E-state index < -0.39 is 5.97 Å². The highest BCUT2D eigenvalue weighted by molar-refractivity contribution is 6.30. The molecule has 7 nitrogen and oxygen atoms in total. The van der Waals surface area contributed by atoms with Gasteiger partial charge < -0.3 is 4.74 Å². The van der Waals surface area contributed by atoms with Crippen molar-refractivity contribution in [1.29, 1.82) is 0 Å². The third-order valence-corrected chi connectivity index (χ3v) is 5.42. The molecule has 2 aromatic heterocycles. The summed E-state index contributed by atoms with van der Waals surface area (Å²) in [7, 11) is 0. The number of hydrogen-bond acceptors (Lipinski definition) is 5. The van der Waals surface area contributed by atoms with Gasteiger partial charge in [0.2, 0.25) is 0 Å². The number of carbonyl (C=O) groups excluding carboxylic acids is 1. The predicted molar refractivity (Wildman–Crippen MR) is 134 cm³/mol. The van der Waals surface area contributed by atoms with Crippen LogP contribution in [0, 0.1) is 0 Å². The van der Waals surface area contributed by atoms with Crippen molar-refractivity contribution in [3.05, 3.63) is 120 Å². The van der Waals surface area contributed by atoms with Crippen LogP contribution < -0.4 is 0 Å². The Kier molecular flexibility index (Phi) is 6.50. The summed E-state index contributed by atoms with van der Waals surface area (Å²) in [6.45, 7) is -0.00143. The highest BCUT2D eigenvalue weighted by atomic mass is 35.5. The fraction of sp³-hybridized carbons (Fsp3) is 0.0370. The van der Waals surface area contributed by atoms with Crippen LogP contribution in [0.2, 0.25) is 5.02 Å². The Bertz CT molecular complexity index is 1480. The fourth-order valence-corrected chi connectivity index (χ4v) is 3.69. The van der Waals surface area contributed by atoms with Crippen molar-refractivity contribution in [3.8, 4) is 22.6 Å². The number of rotatable bonds is 7. The first kappa shape index (κ1) is 22.3. The minimum atomic E-state index is -0.492. The molecule has 0 atom stereocenters. The van der Waals surface area contributed by atoms with E-state index in [0.29, 0.717) is 10.7 Å². The van der Waals surface area contributed by atoms with Crippen molar-refractivity contribution in [3.63, 3.8) is 0 Å². The summed E-state index contributed by atoms with van der Waals surface area (Å²) in [5.74, 6) is -0.492. The van der Waals surface area contributed by atoms with Gasteiger partial charge in [0.25, 0.3) is 0 Å². The minimum absolute atomic E-state index is 0.00143. The van der Waals surface area contributed by atoms with E-state index in [2.05, 4.69) is 10.3 Å². The third kappa shape index (κ3) is 5.37. The quantitative estimate of drug-likeness (QED) is 0.226. The van der Waals surface area contributed by atoms with Crippen molar-refractivity contribution in [2.45, 2.75) is 6.61 Å². The van der Waals surface area contributed by atoms with Crippen LogP contribution in [-0.2, 0) is 16.1 Å². The van der Waals surface area contributed by atoms with E-state index >= 15 is 0 Å². The molecule has 0 N–H and O–H groups in total. The lowest BCUT2D eigenvalue weighted by molar-refractivity contribution is -0.139. The van der Waals surface area contributed by atoms with Crippen LogP contribution >= 0.6 is 11.6 Å². The van der Waals surface area contributed by atoms with Crippen molar-refractivity contribution in [2.24, 2.45) is 0 Å². The fourth-order valence-electron chi connectivity index (χ4n) is 3.50. The van der Waals surface area contributed by atoms with E-state index in [1.165, 1.54) is 6.08 Å². The van der Waals surface area contributed by atoms with Crippen molar-refractivity contribution < 1.29 is 9.53 Å². The van der Waals surface area contributed by atoms with Crippen LogP contribution in [-0.4, -0.2) is 30.7 Å². The molecule has 0 bridgehead atoms. The molecular formula is C27H20ClN5O2. The molecule has 3 aromatic carbocycles. The van der Waals surface area contributed by atoms with E-state index in [1.807, 2.05) is 79.0 Å². The standard InChI is InChI=1S/C27H20ClN5O2/c28-22-10-7-13-25(16-22)33-18-23(29-31-33)19-35-26(34)15-14-21-17-32(24-11-5-2-6-12-24)30-27(21)20-8-3-1-4-9-20/h1-18H,19H2/b15-14+. The molecule has 0 saturated carbocycles. The molecule has 0 fully saturated rings. The number of para-hydroxylation sites is 1. The first-order valence-electron chi connectivity index (χ1n) is 10.9. The second-order valence-electron chi connectivity index (χ2n) is 7.65. The van der Waals surface area contributed by atoms with Gasteiger partial charge in [0.15, 0.2) is 0 Å². The van der Waals surface area contributed by atoms with E-state index in [-0.39, 0.29) is 6.61 Å². The molecule has 35 heavy (non-hydrogen) atoms. The Hall–Kier alpha value is -4.49. The summed E-state index contributed by atoms with van der Waals surface area (Å²) >= 11 is 6.03. The number of esters is 1. The average molecular weight is 482 g/mol. The zero-order valence-corrected chi connectivity index (χ0v) is 19.3. The van der Waals surface area contributed by atoms with Gasteiger partial charge in [-0.1, -0.05) is 71.4 Å². The number of nitrogens with zero attached hydrogens (tertiary/aromatic N) is 5. The topological polar surface area (TPSA) is 74.8 Å². The highest BCUT2D eigenvalue weighted by Crippen LogP contribution is 2.24. The molecule has 0 unspecified atom stereocenters. The minimum Gasteiger partial charge on any atom is -0.456 e. The van der Waals surface area contributed by atoms with Crippen LogP contribution in [0.15, 0.2) is 103 Å². The Morgan fingerprint density at radius 1 is 0.886 bits per heavy atom. The normalized spacial score (nSPS) is 11.1. The van der Waals surface area contributed by atoms with Crippen LogP contribution in [0.25, 0.3) is 28.7 Å². The van der Waals surface area contributed by atoms with Gasteiger partial charge in [-0.3, -0.25) is 0 Å². The molecule has 0 radical (unpaired) electrons. The lowest BCUT2D eigenvalue weighted by atomic mass is 10.1. The van der Waals surface area contributed by atoms with Gasteiger partial charge in [-0.25, -0.2) is 14.2 Å². The molecular weight excluding hydrogens is 462 g/mol. The maximum Gasteiger partial charge on any atom is 0.331 e. The molecule has 0 spiro atoms. The van der Waals surface area contributed by atoms with Gasteiger partial charge in [0, 0.05) is 28.4 Å². The molecule has 2 heterocycles. The van der Waals surface area contributed by atoms with Gasteiger partial charge in [0.1, 0.15) is 12.3 Å². The molecule has 0 aliphatic heterocycles. The van der Waals surface area contributed by atoms with Gasteiger partial charge in [0.05, 0.1) is 23.3 Å². The van der Waals surface area contributed by atoms with Crippen molar-refractivity contribution in [1.82, 2.24) is 24.8 Å². The van der Waals surface area contributed by atoms with Gasteiger partial charge in [-0.2, -0.15) is 5.10 Å². The van der Waals surface area contributed by atoms with Crippen molar-refractivity contribution in [2.75, 3.05) is 0 Å². The van der Waals surface area contributed by atoms with E-state index in [0.717, 1.165) is 28.2 Å². The summed E-state index contributed by atoms with van der Waals surface area (Å²) in [5.41, 5.74) is 4.73. The lowest BCUT2D eigenvalue weighted by Gasteiger charge is -2.00. The first-order chi connectivity index (χ1) is 17.2. The number of halogens is 1. The Balaban J connectivity index is 1.30. The SMILES string of the molecule is O=C(/C=C/c1cn(-c2ccccc2)nc1-c1ccccc1)OCc1cn(-c2cccc(Cl)c2)nn1. The van der Waals surface area contributed by atoms with Gasteiger partial charge >= 0.3 is 5.97 Å². The van der Waals surface area contributed by atoms with E-state index in [4.69, 9.17) is 21.4 Å². The first-order valence-corrected chi connectivity index (χ1v) is 11.3. The summed E-state index contributed by atoms with van der Waals surface area (Å²) in [6, 6.07) is 26.9. The maximum absolute atomic E-state index is 12.4. The van der Waals surface area contributed by atoms with Crippen LogP contribution in [0.3, 0.4) is 0 Å². The average Bonchev–Trinajstić information content (AvgIpc) is 3.55. The Labute approximate surface area is 206 Å². The Morgan fingerprint density at radius 3 is 2.40 bits per heavy atom. The summed E-state index contributed by atoms with van der Waals surface area (Å²) in [4.78, 5) is 12.4. The third-order valence-electron chi connectivity index (χ3n) is 5.19. The maximum atomic E-state index is 12.4. The smallest absolute Gasteiger partial charge is 0.331 e. The van der Waals surface area contributed by atoms with E-state index in [1.54, 1.807) is 33.8 Å². The zero-order chi connectivity index (χ0) is 24.0. The number of ether oxygens (including phenoxy) is 1. The van der Waals surface area contributed by atoms with Crippen LogP contribution in [0.1, 0.15) is 11.3 Å². The molecule has 0 aliphatic rings. The Morgan fingerprint density at radius 2 is 1.63 bits per heavy atom. The summed E-state index contributed by atoms with van der Waals surface area (Å²) in [5, 5.41) is 13.5. The molecule has 5 aromatic rings. The number of hydrogen-bond donors (Lipinski definition) is 0. The number of carbonyl (C=O) groups is 1. The second-order valence-corrected chi connectivity index (χ2v) is 8.09. The molecule has 172 valence electrons. The monoisotopic (exact) mass is 481 g/mol. The lowest BCUT2D eigenvalue weighted by Crippen LogP contribution is -2.01.